The van der Waals surface area contributed by atoms with Crippen LogP contribution in [-0.4, -0.2) is 20.6 Å². The van der Waals surface area contributed by atoms with Crippen molar-refractivity contribution in [2.45, 2.75) is 13.5 Å². The number of aromatic nitrogens is 2. The average molecular weight is 295 g/mol. The first kappa shape index (κ1) is 14.0. The van der Waals surface area contributed by atoms with Crippen LogP contribution in [-0.2, 0) is 11.3 Å². The summed E-state index contributed by atoms with van der Waals surface area (Å²) in [4.78, 5) is 21.7. The molecule has 1 aromatic carbocycles. The number of aryl methyl sites for hydroxylation is 1. The number of carbonyl (C=O) groups is 1. The minimum Gasteiger partial charge on any atom is -0.358 e. The van der Waals surface area contributed by atoms with Crippen molar-refractivity contribution in [1.29, 1.82) is 0 Å². The SMILES string of the molecule is Cc1ccccc1NC(=O)Cn1cc(Cl)c([N+](=O)[O-])n1. The zero-order valence-electron chi connectivity index (χ0n) is 10.5. The smallest absolute Gasteiger partial charge is 0.358 e. The van der Waals surface area contributed by atoms with E-state index in [9.17, 15) is 14.9 Å². The standard InChI is InChI=1S/C12H11ClN4O3/c1-8-4-2-3-5-10(8)14-11(18)7-16-6-9(13)12(15-16)17(19)20/h2-6H,7H2,1H3,(H,14,18). The van der Waals surface area contributed by atoms with Crippen LogP contribution in [0.15, 0.2) is 30.5 Å². The number of nitro groups is 1. The van der Waals surface area contributed by atoms with E-state index in [-0.39, 0.29) is 17.5 Å². The number of nitrogens with one attached hydrogen (secondary N) is 1. The summed E-state index contributed by atoms with van der Waals surface area (Å²) in [5, 5.41) is 16.8. The van der Waals surface area contributed by atoms with Crippen LogP contribution in [0.25, 0.3) is 0 Å². The van der Waals surface area contributed by atoms with Gasteiger partial charge < -0.3 is 15.4 Å². The summed E-state index contributed by atoms with van der Waals surface area (Å²) in [7, 11) is 0. The van der Waals surface area contributed by atoms with Crippen LogP contribution in [0.4, 0.5) is 11.5 Å². The second-order valence-corrected chi connectivity index (χ2v) is 4.53. The molecule has 104 valence electrons. The number of carbonyl (C=O) groups excluding carboxylic acids is 1. The summed E-state index contributed by atoms with van der Waals surface area (Å²) < 4.78 is 1.13. The molecule has 8 heteroatoms. The number of benzene rings is 1. The molecule has 0 aliphatic carbocycles. The maximum absolute atomic E-state index is 11.8. The monoisotopic (exact) mass is 294 g/mol. The Labute approximate surface area is 119 Å². The fraction of sp³-hybridized carbons (Fsp3) is 0.167. The third kappa shape index (κ3) is 3.12. The van der Waals surface area contributed by atoms with E-state index < -0.39 is 10.7 Å². The van der Waals surface area contributed by atoms with Gasteiger partial charge in [-0.2, -0.15) is 4.68 Å². The van der Waals surface area contributed by atoms with Crippen molar-refractivity contribution in [1.82, 2.24) is 9.78 Å². The van der Waals surface area contributed by atoms with Gasteiger partial charge in [0.25, 0.3) is 0 Å². The lowest BCUT2D eigenvalue weighted by atomic mass is 10.2. The number of halogens is 1. The van der Waals surface area contributed by atoms with E-state index in [0.717, 1.165) is 10.2 Å². The number of anilines is 1. The fourth-order valence-electron chi connectivity index (χ4n) is 1.64. The molecule has 0 saturated heterocycles. The molecule has 0 bridgehead atoms. The lowest BCUT2D eigenvalue weighted by molar-refractivity contribution is -0.389. The highest BCUT2D eigenvalue weighted by Gasteiger charge is 2.20. The van der Waals surface area contributed by atoms with Gasteiger partial charge in [-0.1, -0.05) is 29.8 Å². The maximum atomic E-state index is 11.8. The minimum atomic E-state index is -0.696. The van der Waals surface area contributed by atoms with E-state index >= 15 is 0 Å². The molecular weight excluding hydrogens is 284 g/mol. The highest BCUT2D eigenvalue weighted by Crippen LogP contribution is 2.21. The number of para-hydroxylation sites is 1. The number of hydrogen-bond donors (Lipinski definition) is 1. The Morgan fingerprint density at radius 1 is 1.50 bits per heavy atom. The van der Waals surface area contributed by atoms with Gasteiger partial charge in [-0.15, -0.1) is 0 Å². The van der Waals surface area contributed by atoms with E-state index in [1.54, 1.807) is 12.1 Å². The van der Waals surface area contributed by atoms with Crippen molar-refractivity contribution in [2.24, 2.45) is 0 Å². The molecule has 0 radical (unpaired) electrons. The largest absolute Gasteiger partial charge is 0.408 e. The van der Waals surface area contributed by atoms with Crippen LogP contribution in [0, 0.1) is 17.0 Å². The first-order chi connectivity index (χ1) is 9.47. The van der Waals surface area contributed by atoms with Gasteiger partial charge in [-0.25, -0.2) is 0 Å². The van der Waals surface area contributed by atoms with Crippen LogP contribution in [0.5, 0.6) is 0 Å². The molecule has 0 saturated carbocycles. The Morgan fingerprint density at radius 3 is 2.80 bits per heavy atom. The zero-order valence-corrected chi connectivity index (χ0v) is 11.3. The summed E-state index contributed by atoms with van der Waals surface area (Å²) >= 11 is 5.65. The number of amides is 1. The van der Waals surface area contributed by atoms with Crippen molar-refractivity contribution in [2.75, 3.05) is 5.32 Å². The molecular formula is C12H11ClN4O3. The Bertz CT molecular complexity index is 668. The van der Waals surface area contributed by atoms with E-state index in [1.165, 1.54) is 6.20 Å². The third-order valence-electron chi connectivity index (χ3n) is 2.60. The van der Waals surface area contributed by atoms with Crippen LogP contribution in [0.2, 0.25) is 5.02 Å². The van der Waals surface area contributed by atoms with Crippen molar-refractivity contribution >= 4 is 29.0 Å². The highest BCUT2D eigenvalue weighted by molar-refractivity contribution is 6.32. The lowest BCUT2D eigenvalue weighted by Crippen LogP contribution is -2.19. The van der Waals surface area contributed by atoms with Crippen LogP contribution in [0.3, 0.4) is 0 Å². The van der Waals surface area contributed by atoms with Gasteiger partial charge in [0, 0.05) is 5.69 Å². The number of nitrogens with zero attached hydrogens (tertiary/aromatic N) is 3. The molecule has 0 atom stereocenters. The zero-order chi connectivity index (χ0) is 14.7. The molecule has 1 heterocycles. The first-order valence-corrected chi connectivity index (χ1v) is 6.08. The summed E-state index contributed by atoms with van der Waals surface area (Å²) in [5.41, 5.74) is 1.61. The van der Waals surface area contributed by atoms with Crippen molar-refractivity contribution < 1.29 is 9.72 Å². The Balaban J connectivity index is 2.07. The van der Waals surface area contributed by atoms with Crippen LogP contribution in [0.1, 0.15) is 5.56 Å². The molecule has 0 fully saturated rings. The Kier molecular flexibility index (Phi) is 3.99. The van der Waals surface area contributed by atoms with Gasteiger partial charge in [0.15, 0.2) is 5.02 Å². The molecule has 0 aliphatic rings. The number of rotatable bonds is 4. The Hall–Kier alpha value is -2.41. The van der Waals surface area contributed by atoms with Gasteiger partial charge in [-0.05, 0) is 23.5 Å². The molecule has 20 heavy (non-hydrogen) atoms. The first-order valence-electron chi connectivity index (χ1n) is 5.70. The van der Waals surface area contributed by atoms with Crippen LogP contribution < -0.4 is 5.32 Å². The lowest BCUT2D eigenvalue weighted by Gasteiger charge is -2.06. The minimum absolute atomic E-state index is 0.0984. The molecule has 1 amide bonds. The predicted octanol–water partition coefficient (Wildman–Crippen LogP) is 2.39. The maximum Gasteiger partial charge on any atom is 0.408 e. The summed E-state index contributed by atoms with van der Waals surface area (Å²) in [5.74, 6) is -0.802. The molecule has 2 rings (SSSR count). The highest BCUT2D eigenvalue weighted by atomic mass is 35.5. The Morgan fingerprint density at radius 2 is 2.20 bits per heavy atom. The third-order valence-corrected chi connectivity index (χ3v) is 2.86. The molecule has 0 unspecified atom stereocenters. The topological polar surface area (TPSA) is 90.1 Å². The van der Waals surface area contributed by atoms with Gasteiger partial charge in [0.2, 0.25) is 5.91 Å². The average Bonchev–Trinajstić information content (AvgIpc) is 2.73. The molecule has 1 N–H and O–H groups in total. The normalized spacial score (nSPS) is 10.3. The van der Waals surface area contributed by atoms with E-state index in [0.29, 0.717) is 5.69 Å². The predicted molar refractivity (Wildman–Crippen MR) is 73.7 cm³/mol. The summed E-state index contributed by atoms with van der Waals surface area (Å²) in [6.07, 6.45) is 1.25. The van der Waals surface area contributed by atoms with Gasteiger partial charge in [-0.3, -0.25) is 4.79 Å². The van der Waals surface area contributed by atoms with Crippen molar-refractivity contribution in [3.63, 3.8) is 0 Å². The van der Waals surface area contributed by atoms with E-state index in [2.05, 4.69) is 10.4 Å². The van der Waals surface area contributed by atoms with E-state index in [1.807, 2.05) is 19.1 Å². The number of hydrogen-bond acceptors (Lipinski definition) is 4. The van der Waals surface area contributed by atoms with Crippen molar-refractivity contribution in [3.8, 4) is 0 Å². The quantitative estimate of drug-likeness (QED) is 0.692. The summed E-state index contributed by atoms with van der Waals surface area (Å²) in [6.45, 7) is 1.72. The van der Waals surface area contributed by atoms with Gasteiger partial charge >= 0.3 is 5.82 Å². The van der Waals surface area contributed by atoms with Crippen LogP contribution >= 0.6 is 11.6 Å². The summed E-state index contributed by atoms with van der Waals surface area (Å²) in [6, 6.07) is 7.30. The molecule has 7 nitrogen and oxygen atoms in total. The molecule has 2 aromatic rings. The van der Waals surface area contributed by atoms with E-state index in [4.69, 9.17) is 11.6 Å². The second kappa shape index (κ2) is 5.70. The van der Waals surface area contributed by atoms with Gasteiger partial charge in [0.1, 0.15) is 6.54 Å². The van der Waals surface area contributed by atoms with Crippen molar-refractivity contribution in [3.05, 3.63) is 51.2 Å². The fourth-order valence-corrected chi connectivity index (χ4v) is 1.86. The molecule has 1 aromatic heterocycles. The second-order valence-electron chi connectivity index (χ2n) is 4.12. The molecule has 0 aliphatic heterocycles. The van der Waals surface area contributed by atoms with Gasteiger partial charge in [0.05, 0.1) is 11.3 Å². The molecule has 0 spiro atoms.